The molecule has 0 saturated carbocycles. The van der Waals surface area contributed by atoms with Gasteiger partial charge in [-0.1, -0.05) is 5.21 Å². The number of ether oxygens (including phenoxy) is 1. The van der Waals surface area contributed by atoms with Crippen LogP contribution in [0.4, 0.5) is 24.7 Å². The van der Waals surface area contributed by atoms with Crippen LogP contribution in [-0.2, 0) is 4.74 Å². The van der Waals surface area contributed by atoms with Crippen molar-refractivity contribution >= 4 is 28.3 Å². The number of fused-ring (bicyclic) bond motifs is 1. The van der Waals surface area contributed by atoms with Gasteiger partial charge in [0.15, 0.2) is 29.0 Å². The van der Waals surface area contributed by atoms with Crippen LogP contribution in [0.5, 0.6) is 0 Å². The van der Waals surface area contributed by atoms with Crippen molar-refractivity contribution in [2.45, 2.75) is 18.9 Å². The van der Waals surface area contributed by atoms with E-state index in [0.29, 0.717) is 24.0 Å². The summed E-state index contributed by atoms with van der Waals surface area (Å²) in [7, 11) is 1.64. The Balaban J connectivity index is 1.33. The summed E-state index contributed by atoms with van der Waals surface area (Å²) in [6.07, 6.45) is 6.00. The summed E-state index contributed by atoms with van der Waals surface area (Å²) in [6.45, 7) is 1.24. The number of H-pyrrole nitrogens is 1. The van der Waals surface area contributed by atoms with E-state index in [4.69, 9.17) is 4.74 Å². The van der Waals surface area contributed by atoms with Crippen LogP contribution >= 0.6 is 0 Å². The predicted octanol–water partition coefficient (Wildman–Crippen LogP) is 3.43. The lowest BCUT2D eigenvalue weighted by atomic mass is 10.1. The summed E-state index contributed by atoms with van der Waals surface area (Å²) in [5.74, 6) is -2.95. The number of aromatic nitrogens is 5. The maximum absolute atomic E-state index is 14.8. The van der Waals surface area contributed by atoms with E-state index in [-0.39, 0.29) is 29.0 Å². The van der Waals surface area contributed by atoms with Crippen LogP contribution in [0.25, 0.3) is 16.6 Å². The highest BCUT2D eigenvalue weighted by Gasteiger charge is 2.23. The van der Waals surface area contributed by atoms with Gasteiger partial charge in [0.2, 0.25) is 0 Å². The minimum absolute atomic E-state index is 0.0266. The van der Waals surface area contributed by atoms with Crippen LogP contribution in [0.2, 0.25) is 0 Å². The van der Waals surface area contributed by atoms with Crippen molar-refractivity contribution in [2.24, 2.45) is 0 Å². The molecule has 1 atom stereocenters. The fraction of sp³-hybridized carbons (Fsp3) is 0.273. The molecule has 1 aromatic carbocycles. The molecule has 34 heavy (non-hydrogen) atoms. The van der Waals surface area contributed by atoms with Crippen molar-refractivity contribution in [3.05, 3.63) is 59.9 Å². The molecule has 1 unspecified atom stereocenters. The molecule has 12 heteroatoms. The molecule has 1 amide bonds. The zero-order valence-corrected chi connectivity index (χ0v) is 18.1. The Morgan fingerprint density at radius 1 is 1.21 bits per heavy atom. The first-order chi connectivity index (χ1) is 16.4. The summed E-state index contributed by atoms with van der Waals surface area (Å²) in [6, 6.07) is 3.26. The molecule has 9 nitrogen and oxygen atoms in total. The maximum Gasteiger partial charge on any atom is 0.277 e. The minimum atomic E-state index is -1.03. The second kappa shape index (κ2) is 8.78. The molecule has 0 spiro atoms. The van der Waals surface area contributed by atoms with Crippen LogP contribution in [-0.4, -0.2) is 57.2 Å². The van der Waals surface area contributed by atoms with E-state index in [1.807, 2.05) is 4.90 Å². The average molecular weight is 471 g/mol. The van der Waals surface area contributed by atoms with Crippen molar-refractivity contribution in [1.82, 2.24) is 25.0 Å². The number of hydrogen-bond acceptors (Lipinski definition) is 6. The van der Waals surface area contributed by atoms with Crippen molar-refractivity contribution in [3.63, 3.8) is 0 Å². The van der Waals surface area contributed by atoms with E-state index >= 15 is 0 Å². The van der Waals surface area contributed by atoms with Crippen molar-refractivity contribution < 1.29 is 22.7 Å². The Bertz CT molecular complexity index is 1370. The lowest BCUT2D eigenvalue weighted by molar-refractivity contribution is 0.0889. The monoisotopic (exact) mass is 471 g/mol. The van der Waals surface area contributed by atoms with Gasteiger partial charge in [-0.3, -0.25) is 4.79 Å². The SMILES string of the molecule is COC1CCCN(c2ncc(-n3cc(C(=O)Nc4c[nH]c5cc(F)c(F)cc45)nn3)cc2F)C1. The van der Waals surface area contributed by atoms with Gasteiger partial charge in [0, 0.05) is 43.9 Å². The molecule has 4 heterocycles. The average Bonchev–Trinajstić information content (AvgIpc) is 3.47. The molecular formula is C22H20F3N7O2. The minimum Gasteiger partial charge on any atom is -0.380 e. The molecule has 5 rings (SSSR count). The highest BCUT2D eigenvalue weighted by molar-refractivity contribution is 6.07. The highest BCUT2D eigenvalue weighted by Crippen LogP contribution is 2.26. The van der Waals surface area contributed by atoms with Crippen LogP contribution in [0.1, 0.15) is 23.3 Å². The number of aromatic amines is 1. The van der Waals surface area contributed by atoms with Crippen LogP contribution in [0, 0.1) is 17.5 Å². The Labute approximate surface area is 191 Å². The van der Waals surface area contributed by atoms with Crippen molar-refractivity contribution in [3.8, 4) is 5.69 Å². The fourth-order valence-corrected chi connectivity index (χ4v) is 4.00. The number of pyridine rings is 1. The number of piperidine rings is 1. The van der Waals surface area contributed by atoms with Crippen LogP contribution < -0.4 is 10.2 Å². The van der Waals surface area contributed by atoms with E-state index in [1.54, 1.807) is 7.11 Å². The molecule has 0 bridgehead atoms. The quantitative estimate of drug-likeness (QED) is 0.463. The fourth-order valence-electron chi connectivity index (χ4n) is 4.00. The lowest BCUT2D eigenvalue weighted by Crippen LogP contribution is -2.40. The molecule has 1 aliphatic rings. The van der Waals surface area contributed by atoms with E-state index < -0.39 is 23.4 Å². The number of anilines is 2. The number of amides is 1. The Kier molecular flexibility index (Phi) is 5.65. The third-order valence-electron chi connectivity index (χ3n) is 5.78. The van der Waals surface area contributed by atoms with Gasteiger partial charge in [0.05, 0.1) is 35.4 Å². The Morgan fingerprint density at radius 3 is 2.82 bits per heavy atom. The molecule has 4 aromatic rings. The zero-order valence-electron chi connectivity index (χ0n) is 18.1. The number of rotatable bonds is 5. The third-order valence-corrected chi connectivity index (χ3v) is 5.78. The van der Waals surface area contributed by atoms with Gasteiger partial charge in [-0.15, -0.1) is 5.10 Å². The number of hydrogen-bond donors (Lipinski definition) is 2. The number of carbonyl (C=O) groups is 1. The van der Waals surface area contributed by atoms with Crippen LogP contribution in [0.3, 0.4) is 0 Å². The van der Waals surface area contributed by atoms with E-state index in [2.05, 4.69) is 25.6 Å². The summed E-state index contributed by atoms with van der Waals surface area (Å²) < 4.78 is 48.4. The summed E-state index contributed by atoms with van der Waals surface area (Å²) in [5.41, 5.74) is 0.810. The molecular weight excluding hydrogens is 451 g/mol. The predicted molar refractivity (Wildman–Crippen MR) is 118 cm³/mol. The van der Waals surface area contributed by atoms with Gasteiger partial charge in [0.1, 0.15) is 0 Å². The molecule has 1 fully saturated rings. The maximum atomic E-state index is 14.8. The highest BCUT2D eigenvalue weighted by atomic mass is 19.2. The number of benzene rings is 1. The Morgan fingerprint density at radius 2 is 2.03 bits per heavy atom. The third kappa shape index (κ3) is 4.07. The topological polar surface area (TPSA) is 101 Å². The molecule has 2 N–H and O–H groups in total. The first-order valence-electron chi connectivity index (χ1n) is 10.6. The molecule has 1 saturated heterocycles. The van der Waals surface area contributed by atoms with Gasteiger partial charge in [0.25, 0.3) is 5.91 Å². The molecule has 176 valence electrons. The van der Waals surface area contributed by atoms with Gasteiger partial charge >= 0.3 is 0 Å². The van der Waals surface area contributed by atoms with Crippen LogP contribution in [0.15, 0.2) is 36.8 Å². The van der Waals surface area contributed by atoms with E-state index in [0.717, 1.165) is 25.0 Å². The largest absolute Gasteiger partial charge is 0.380 e. The lowest BCUT2D eigenvalue weighted by Gasteiger charge is -2.32. The number of nitrogens with zero attached hydrogens (tertiary/aromatic N) is 5. The first kappa shape index (κ1) is 21.9. The number of carbonyl (C=O) groups excluding carboxylic acids is 1. The normalized spacial score (nSPS) is 16.2. The van der Waals surface area contributed by atoms with E-state index in [9.17, 15) is 18.0 Å². The van der Waals surface area contributed by atoms with Gasteiger partial charge in [-0.25, -0.2) is 22.8 Å². The second-order valence-electron chi connectivity index (χ2n) is 7.96. The summed E-state index contributed by atoms with van der Waals surface area (Å²) >= 11 is 0. The molecule has 3 aromatic heterocycles. The second-order valence-corrected chi connectivity index (χ2v) is 7.96. The number of halogens is 3. The smallest absolute Gasteiger partial charge is 0.277 e. The molecule has 0 radical (unpaired) electrons. The van der Waals surface area contributed by atoms with Gasteiger partial charge < -0.3 is 19.9 Å². The zero-order chi connectivity index (χ0) is 23.8. The molecule has 1 aliphatic heterocycles. The first-order valence-corrected chi connectivity index (χ1v) is 10.6. The summed E-state index contributed by atoms with van der Waals surface area (Å²) in [5, 5.41) is 10.6. The standard InChI is InChI=1S/C22H20F3N7O2/c1-34-13-3-2-4-31(10-13)21-17(25)5-12(8-27-21)32-11-20(29-30-32)22(33)28-19-9-26-18-7-16(24)15(23)6-14(18)19/h5-9,11,13,26H,2-4,10H2,1H3,(H,28,33). The number of nitrogens with one attached hydrogen (secondary N) is 2. The number of methoxy groups -OCH3 is 1. The van der Waals surface area contributed by atoms with Gasteiger partial charge in [-0.2, -0.15) is 0 Å². The van der Waals surface area contributed by atoms with Crippen molar-refractivity contribution in [2.75, 3.05) is 30.4 Å². The van der Waals surface area contributed by atoms with Crippen molar-refractivity contribution in [1.29, 1.82) is 0 Å². The van der Waals surface area contributed by atoms with Gasteiger partial charge in [-0.05, 0) is 18.9 Å². The Hall–Kier alpha value is -3.93. The van der Waals surface area contributed by atoms with E-state index in [1.165, 1.54) is 29.3 Å². The molecule has 0 aliphatic carbocycles. The summed E-state index contributed by atoms with van der Waals surface area (Å²) in [4.78, 5) is 21.5.